The van der Waals surface area contributed by atoms with E-state index in [1.54, 1.807) is 0 Å². The lowest BCUT2D eigenvalue weighted by Gasteiger charge is -2.11. The molecule has 0 spiro atoms. The average molecular weight is 376 g/mol. The Morgan fingerprint density at radius 1 is 0.556 bits per heavy atom. The minimum absolute atomic E-state index is 0.786. The highest BCUT2D eigenvalue weighted by Gasteiger charge is 2.02. The first kappa shape index (κ1) is 23.9. The first-order chi connectivity index (χ1) is 13.3. The zero-order chi connectivity index (χ0) is 19.6. The molecule has 0 aromatic heterocycles. The van der Waals surface area contributed by atoms with E-state index in [-0.39, 0.29) is 0 Å². The summed E-state index contributed by atoms with van der Waals surface area (Å²) in [5.74, 6) is 1.78. The van der Waals surface area contributed by atoms with Crippen LogP contribution in [0.2, 0.25) is 0 Å². The fourth-order valence-electron chi connectivity index (χ4n) is 3.30. The first-order valence-electron chi connectivity index (χ1n) is 11.5. The smallest absolute Gasteiger partial charge is 0.123 e. The van der Waals surface area contributed by atoms with Crippen LogP contribution in [0, 0.1) is 6.92 Å². The van der Waals surface area contributed by atoms with E-state index < -0.39 is 0 Å². The maximum absolute atomic E-state index is 5.92. The van der Waals surface area contributed by atoms with Gasteiger partial charge in [-0.05, 0) is 37.5 Å². The van der Waals surface area contributed by atoms with Crippen LogP contribution < -0.4 is 9.47 Å². The van der Waals surface area contributed by atoms with Gasteiger partial charge in [0, 0.05) is 6.07 Å². The topological polar surface area (TPSA) is 18.5 Å². The molecule has 2 heteroatoms. The molecule has 27 heavy (non-hydrogen) atoms. The van der Waals surface area contributed by atoms with Crippen LogP contribution in [0.4, 0.5) is 0 Å². The molecule has 0 heterocycles. The second-order valence-electron chi connectivity index (χ2n) is 7.75. The van der Waals surface area contributed by atoms with Crippen molar-refractivity contribution in [3.63, 3.8) is 0 Å². The Balaban J connectivity index is 2.14. The van der Waals surface area contributed by atoms with Gasteiger partial charge in [0.2, 0.25) is 0 Å². The van der Waals surface area contributed by atoms with Crippen LogP contribution in [-0.4, -0.2) is 13.2 Å². The average Bonchev–Trinajstić information content (AvgIpc) is 2.65. The minimum atomic E-state index is 0.786. The molecule has 0 N–H and O–H groups in total. The lowest BCUT2D eigenvalue weighted by atomic mass is 10.1. The van der Waals surface area contributed by atoms with Crippen molar-refractivity contribution in [1.82, 2.24) is 0 Å². The summed E-state index contributed by atoms with van der Waals surface area (Å²) in [6.45, 7) is 10.1. The van der Waals surface area contributed by atoms with Gasteiger partial charge in [-0.25, -0.2) is 0 Å². The molecule has 0 amide bonds. The van der Waals surface area contributed by atoms with Crippen LogP contribution in [0.5, 0.6) is 11.5 Å². The first-order valence-corrected chi connectivity index (χ1v) is 11.5. The zero-order valence-electron chi connectivity index (χ0n) is 18.1. The molecule has 1 aromatic carbocycles. The third-order valence-corrected chi connectivity index (χ3v) is 4.97. The summed E-state index contributed by atoms with van der Waals surface area (Å²) in [5.41, 5.74) is 0.960. The molecule has 0 aliphatic rings. The second-order valence-corrected chi connectivity index (χ2v) is 7.75. The molecular weight excluding hydrogens is 332 g/mol. The lowest BCUT2D eigenvalue weighted by Crippen LogP contribution is -2.00. The Hall–Kier alpha value is -1.18. The van der Waals surface area contributed by atoms with Crippen molar-refractivity contribution in [1.29, 1.82) is 0 Å². The second kappa shape index (κ2) is 17.0. The molecule has 0 aliphatic heterocycles. The molecule has 1 rings (SSSR count). The van der Waals surface area contributed by atoms with Gasteiger partial charge in [0.15, 0.2) is 0 Å². The van der Waals surface area contributed by atoms with Gasteiger partial charge in [0.1, 0.15) is 11.5 Å². The normalized spacial score (nSPS) is 10.9. The predicted molar refractivity (Wildman–Crippen MR) is 118 cm³/mol. The van der Waals surface area contributed by atoms with Crippen LogP contribution in [0.3, 0.4) is 0 Å². The van der Waals surface area contributed by atoms with Crippen LogP contribution in [0.15, 0.2) is 18.2 Å². The number of unbranched alkanes of at least 4 members (excludes halogenated alkanes) is 12. The molecule has 0 unspecified atom stereocenters. The van der Waals surface area contributed by atoms with Crippen LogP contribution >= 0.6 is 0 Å². The number of rotatable bonds is 18. The van der Waals surface area contributed by atoms with Crippen LogP contribution in [0.1, 0.15) is 109 Å². The summed E-state index contributed by atoms with van der Waals surface area (Å²) in [5, 5.41) is 0. The summed E-state index contributed by atoms with van der Waals surface area (Å²) in [7, 11) is 0. The van der Waals surface area contributed by atoms with Crippen molar-refractivity contribution in [2.24, 2.45) is 0 Å². The lowest BCUT2D eigenvalue weighted by molar-refractivity contribution is 0.289. The van der Waals surface area contributed by atoms with Gasteiger partial charge >= 0.3 is 0 Å². The zero-order valence-corrected chi connectivity index (χ0v) is 18.1. The Kier molecular flexibility index (Phi) is 15.0. The van der Waals surface area contributed by atoms with Gasteiger partial charge in [-0.2, -0.15) is 0 Å². The monoisotopic (exact) mass is 375 g/mol. The van der Waals surface area contributed by atoms with Crippen molar-refractivity contribution in [2.75, 3.05) is 13.2 Å². The predicted octanol–water partition coefficient (Wildman–Crippen LogP) is 8.13. The molecule has 0 atom stereocenters. The fraction of sp³-hybridized carbons (Fsp3) is 0.720. The molecule has 0 fully saturated rings. The van der Waals surface area contributed by atoms with Gasteiger partial charge in [-0.15, -0.1) is 0 Å². The largest absolute Gasteiger partial charge is 0.493 e. The van der Waals surface area contributed by atoms with Crippen molar-refractivity contribution in [3.05, 3.63) is 30.7 Å². The summed E-state index contributed by atoms with van der Waals surface area (Å²) < 4.78 is 11.8. The molecule has 0 saturated heterocycles. The van der Waals surface area contributed by atoms with Gasteiger partial charge in [0.25, 0.3) is 0 Å². The van der Waals surface area contributed by atoms with E-state index in [0.29, 0.717) is 0 Å². The molecule has 2 nitrogen and oxygen atoms in total. The minimum Gasteiger partial charge on any atom is -0.493 e. The van der Waals surface area contributed by atoms with Crippen molar-refractivity contribution in [2.45, 2.75) is 104 Å². The molecule has 155 valence electrons. The van der Waals surface area contributed by atoms with Gasteiger partial charge < -0.3 is 9.47 Å². The molecule has 0 saturated carbocycles. The maximum atomic E-state index is 5.92. The molecule has 0 bridgehead atoms. The number of hydrogen-bond acceptors (Lipinski definition) is 2. The van der Waals surface area contributed by atoms with Gasteiger partial charge in [-0.3, -0.25) is 0 Å². The number of ether oxygens (including phenoxy) is 2. The van der Waals surface area contributed by atoms with E-state index in [4.69, 9.17) is 9.47 Å². The van der Waals surface area contributed by atoms with E-state index in [1.165, 1.54) is 77.0 Å². The number of benzene rings is 1. The third kappa shape index (κ3) is 13.6. The fourth-order valence-corrected chi connectivity index (χ4v) is 3.30. The van der Waals surface area contributed by atoms with Crippen LogP contribution in [0.25, 0.3) is 0 Å². The van der Waals surface area contributed by atoms with E-state index in [0.717, 1.165) is 43.1 Å². The summed E-state index contributed by atoms with van der Waals surface area (Å²) in [6, 6.07) is 6.01. The maximum Gasteiger partial charge on any atom is 0.123 e. The third-order valence-electron chi connectivity index (χ3n) is 4.97. The Bertz CT molecular complexity index is 417. The van der Waals surface area contributed by atoms with E-state index in [1.807, 2.05) is 18.2 Å². The van der Waals surface area contributed by atoms with E-state index >= 15 is 0 Å². The van der Waals surface area contributed by atoms with Gasteiger partial charge in [0.05, 0.1) is 13.2 Å². The highest BCUT2D eigenvalue weighted by molar-refractivity contribution is 5.39. The van der Waals surface area contributed by atoms with Crippen molar-refractivity contribution in [3.8, 4) is 11.5 Å². The Labute approximate surface area is 169 Å². The number of hydrogen-bond donors (Lipinski definition) is 0. The molecule has 1 aromatic rings. The highest BCUT2D eigenvalue weighted by atomic mass is 16.5. The SMILES string of the molecule is [CH2]c1cc(OCCCCCCCCC)cc(OCCCCCCCCC)c1. The van der Waals surface area contributed by atoms with E-state index in [2.05, 4.69) is 20.8 Å². The quantitative estimate of drug-likeness (QED) is 0.241. The van der Waals surface area contributed by atoms with Crippen molar-refractivity contribution >= 4 is 0 Å². The standard InChI is InChI=1S/C25H43O2/c1-4-6-8-10-12-14-16-18-26-24-20-23(3)21-25(22-24)27-19-17-15-13-11-9-7-5-2/h20-22H,3-19H2,1-2H3. The highest BCUT2D eigenvalue weighted by Crippen LogP contribution is 2.23. The van der Waals surface area contributed by atoms with E-state index in [9.17, 15) is 0 Å². The molecule has 0 aliphatic carbocycles. The summed E-state index contributed by atoms with van der Waals surface area (Å²) >= 11 is 0. The summed E-state index contributed by atoms with van der Waals surface area (Å²) in [6.07, 6.45) is 18.3. The molecular formula is C25H43O2. The Morgan fingerprint density at radius 3 is 1.33 bits per heavy atom. The van der Waals surface area contributed by atoms with Crippen LogP contribution in [-0.2, 0) is 0 Å². The van der Waals surface area contributed by atoms with Crippen molar-refractivity contribution < 1.29 is 9.47 Å². The van der Waals surface area contributed by atoms with Gasteiger partial charge in [-0.1, -0.05) is 90.9 Å². The summed E-state index contributed by atoms with van der Waals surface area (Å²) in [4.78, 5) is 0. The molecule has 1 radical (unpaired) electrons. The Morgan fingerprint density at radius 2 is 0.926 bits per heavy atom.